The van der Waals surface area contributed by atoms with Gasteiger partial charge in [-0.3, -0.25) is 24.1 Å². The van der Waals surface area contributed by atoms with Crippen molar-refractivity contribution < 1.29 is 19.2 Å². The van der Waals surface area contributed by atoms with Gasteiger partial charge in [0, 0.05) is 13.0 Å². The number of nitrogens with zero attached hydrogens (tertiary/aromatic N) is 1. The molecule has 122 valence electrons. The maximum Gasteiger partial charge on any atom is 0.261 e. The Morgan fingerprint density at radius 3 is 2.12 bits per heavy atom. The fraction of sp³-hybridized carbons (Fsp3) is 0.167. The van der Waals surface area contributed by atoms with E-state index < -0.39 is 0 Å². The highest BCUT2D eigenvalue weighted by Crippen LogP contribution is 2.22. The molecule has 1 aliphatic rings. The van der Waals surface area contributed by atoms with Crippen LogP contribution in [0.2, 0.25) is 0 Å². The molecule has 6 heteroatoms. The Balaban J connectivity index is 1.47. The van der Waals surface area contributed by atoms with Crippen molar-refractivity contribution in [1.82, 2.24) is 10.4 Å². The molecule has 0 unspecified atom stereocenters. The molecule has 2 aromatic rings. The van der Waals surface area contributed by atoms with E-state index in [9.17, 15) is 14.4 Å². The Morgan fingerprint density at radius 2 is 1.50 bits per heavy atom. The SMILES string of the molecule is O=C(CCN1C(=O)c2ccccc2C1=O)NOCc1ccccc1. The van der Waals surface area contributed by atoms with Gasteiger partial charge in [-0.15, -0.1) is 0 Å². The molecule has 0 atom stereocenters. The summed E-state index contributed by atoms with van der Waals surface area (Å²) in [5, 5.41) is 0. The lowest BCUT2D eigenvalue weighted by molar-refractivity contribution is -0.134. The number of fused-ring (bicyclic) bond motifs is 1. The lowest BCUT2D eigenvalue weighted by Gasteiger charge is -2.13. The maximum absolute atomic E-state index is 12.2. The number of carbonyl (C=O) groups is 3. The highest BCUT2D eigenvalue weighted by Gasteiger charge is 2.34. The summed E-state index contributed by atoms with van der Waals surface area (Å²) in [6.45, 7) is 0.270. The van der Waals surface area contributed by atoms with Crippen molar-refractivity contribution in [1.29, 1.82) is 0 Å². The number of amides is 3. The average molecular weight is 324 g/mol. The molecule has 0 radical (unpaired) electrons. The van der Waals surface area contributed by atoms with E-state index >= 15 is 0 Å². The van der Waals surface area contributed by atoms with Crippen molar-refractivity contribution in [3.05, 3.63) is 71.3 Å². The summed E-state index contributed by atoms with van der Waals surface area (Å²) in [5.74, 6) is -1.12. The summed E-state index contributed by atoms with van der Waals surface area (Å²) in [5.41, 5.74) is 4.00. The minimum atomic E-state index is -0.387. The van der Waals surface area contributed by atoms with Gasteiger partial charge in [0.2, 0.25) is 5.91 Å². The van der Waals surface area contributed by atoms with Crippen molar-refractivity contribution in [2.45, 2.75) is 13.0 Å². The van der Waals surface area contributed by atoms with Crippen LogP contribution in [0.1, 0.15) is 32.7 Å². The largest absolute Gasteiger partial charge is 0.274 e. The number of benzene rings is 2. The average Bonchev–Trinajstić information content (AvgIpc) is 2.85. The highest BCUT2D eigenvalue weighted by molar-refractivity contribution is 6.21. The Labute approximate surface area is 139 Å². The van der Waals surface area contributed by atoms with Gasteiger partial charge in [-0.25, -0.2) is 5.48 Å². The van der Waals surface area contributed by atoms with Crippen LogP contribution in [0.5, 0.6) is 0 Å². The molecule has 0 spiro atoms. The summed E-state index contributed by atoms with van der Waals surface area (Å²) in [6, 6.07) is 16.0. The Bertz CT molecular complexity index is 739. The molecule has 0 saturated heterocycles. The van der Waals surface area contributed by atoms with E-state index in [0.29, 0.717) is 11.1 Å². The standard InChI is InChI=1S/C18H16N2O4/c21-16(19-24-12-13-6-2-1-3-7-13)10-11-20-17(22)14-8-4-5-9-15(14)18(20)23/h1-9H,10-12H2,(H,19,21). The Kier molecular flexibility index (Phi) is 4.67. The third-order valence-corrected chi connectivity index (χ3v) is 3.71. The van der Waals surface area contributed by atoms with Crippen molar-refractivity contribution in [2.24, 2.45) is 0 Å². The second-order valence-corrected chi connectivity index (χ2v) is 5.36. The summed E-state index contributed by atoms with van der Waals surface area (Å²) in [4.78, 5) is 42.3. The smallest absolute Gasteiger partial charge is 0.261 e. The highest BCUT2D eigenvalue weighted by atomic mass is 16.6. The molecule has 3 amide bonds. The molecule has 6 nitrogen and oxygen atoms in total. The lowest BCUT2D eigenvalue weighted by Crippen LogP contribution is -2.34. The molecule has 24 heavy (non-hydrogen) atoms. The van der Waals surface area contributed by atoms with E-state index in [1.807, 2.05) is 30.3 Å². The monoisotopic (exact) mass is 324 g/mol. The summed E-state index contributed by atoms with van der Waals surface area (Å²) < 4.78 is 0. The molecule has 1 heterocycles. The van der Waals surface area contributed by atoms with Crippen molar-refractivity contribution in [3.63, 3.8) is 0 Å². The van der Waals surface area contributed by atoms with Crippen LogP contribution in [0.3, 0.4) is 0 Å². The molecule has 1 N–H and O–H groups in total. The zero-order valence-electron chi connectivity index (χ0n) is 12.9. The molecule has 0 bridgehead atoms. The summed E-state index contributed by atoms with van der Waals surface area (Å²) in [7, 11) is 0. The van der Waals surface area contributed by atoms with E-state index in [2.05, 4.69) is 5.48 Å². The van der Waals surface area contributed by atoms with Gasteiger partial charge in [0.05, 0.1) is 17.7 Å². The third-order valence-electron chi connectivity index (χ3n) is 3.71. The second-order valence-electron chi connectivity index (χ2n) is 5.36. The minimum absolute atomic E-state index is 0.0136. The van der Waals surface area contributed by atoms with Crippen molar-refractivity contribution in [2.75, 3.05) is 6.54 Å². The predicted octanol–water partition coefficient (Wildman–Crippen LogP) is 1.92. The molecule has 0 aliphatic carbocycles. The molecular weight excluding hydrogens is 308 g/mol. The van der Waals surface area contributed by atoms with E-state index in [1.54, 1.807) is 24.3 Å². The maximum atomic E-state index is 12.2. The fourth-order valence-electron chi connectivity index (χ4n) is 2.48. The Morgan fingerprint density at radius 1 is 0.917 bits per heavy atom. The van der Waals surface area contributed by atoms with Crippen molar-refractivity contribution in [3.8, 4) is 0 Å². The van der Waals surface area contributed by atoms with Gasteiger partial charge in [0.1, 0.15) is 0 Å². The number of rotatable bonds is 6. The number of hydrogen-bond donors (Lipinski definition) is 1. The van der Waals surface area contributed by atoms with Crippen LogP contribution in [0.15, 0.2) is 54.6 Å². The van der Waals surface area contributed by atoms with Crippen LogP contribution in [0.4, 0.5) is 0 Å². The van der Waals surface area contributed by atoms with Gasteiger partial charge in [-0.1, -0.05) is 42.5 Å². The first-order valence-electron chi connectivity index (χ1n) is 7.56. The van der Waals surface area contributed by atoms with Crippen LogP contribution in [0.25, 0.3) is 0 Å². The van der Waals surface area contributed by atoms with Gasteiger partial charge < -0.3 is 0 Å². The van der Waals surface area contributed by atoms with Crippen molar-refractivity contribution >= 4 is 17.7 Å². The first-order chi connectivity index (χ1) is 11.7. The lowest BCUT2D eigenvalue weighted by atomic mass is 10.1. The normalized spacial score (nSPS) is 13.1. The van der Waals surface area contributed by atoms with E-state index in [-0.39, 0.29) is 37.3 Å². The zero-order valence-corrected chi connectivity index (χ0v) is 12.9. The van der Waals surface area contributed by atoms with Gasteiger partial charge in [-0.05, 0) is 17.7 Å². The van der Waals surface area contributed by atoms with E-state index in [1.165, 1.54) is 0 Å². The van der Waals surface area contributed by atoms with Crippen LogP contribution < -0.4 is 5.48 Å². The van der Waals surface area contributed by atoms with E-state index in [0.717, 1.165) is 10.5 Å². The fourth-order valence-corrected chi connectivity index (χ4v) is 2.48. The first kappa shape index (κ1) is 15.9. The zero-order chi connectivity index (χ0) is 16.9. The molecule has 0 saturated carbocycles. The molecule has 3 rings (SSSR count). The van der Waals surface area contributed by atoms with Crippen LogP contribution >= 0.6 is 0 Å². The van der Waals surface area contributed by atoms with Gasteiger partial charge in [0.15, 0.2) is 0 Å². The first-order valence-corrected chi connectivity index (χ1v) is 7.56. The summed E-state index contributed by atoms with van der Waals surface area (Å²) >= 11 is 0. The van der Waals surface area contributed by atoms with Crippen LogP contribution in [-0.2, 0) is 16.2 Å². The second kappa shape index (κ2) is 7.06. The molecular formula is C18H16N2O4. The van der Waals surface area contributed by atoms with Crippen LogP contribution in [-0.4, -0.2) is 29.2 Å². The third kappa shape index (κ3) is 3.33. The number of carbonyl (C=O) groups excluding carboxylic acids is 3. The number of imide groups is 1. The number of hydrogen-bond acceptors (Lipinski definition) is 4. The minimum Gasteiger partial charge on any atom is -0.274 e. The predicted molar refractivity (Wildman–Crippen MR) is 85.8 cm³/mol. The molecule has 0 fully saturated rings. The van der Waals surface area contributed by atoms with Gasteiger partial charge in [-0.2, -0.15) is 0 Å². The van der Waals surface area contributed by atoms with E-state index in [4.69, 9.17) is 4.84 Å². The molecule has 0 aromatic heterocycles. The Hall–Kier alpha value is -2.99. The molecule has 1 aliphatic heterocycles. The topological polar surface area (TPSA) is 75.7 Å². The summed E-state index contributed by atoms with van der Waals surface area (Å²) in [6.07, 6.45) is -0.0136. The van der Waals surface area contributed by atoms with Gasteiger partial charge in [0.25, 0.3) is 11.8 Å². The quantitative estimate of drug-likeness (QED) is 0.651. The molecule has 2 aromatic carbocycles. The number of hydroxylamine groups is 1. The number of nitrogens with one attached hydrogen (secondary N) is 1. The van der Waals surface area contributed by atoms with Gasteiger partial charge >= 0.3 is 0 Å². The van der Waals surface area contributed by atoms with Crippen LogP contribution in [0, 0.1) is 0 Å².